The molecular weight excluding hydrogens is 350 g/mol. The first kappa shape index (κ1) is 17.9. The normalized spacial score (nSPS) is 10.4. The summed E-state index contributed by atoms with van der Waals surface area (Å²) in [4.78, 5) is 20.8. The largest absolute Gasteiger partial charge is 0.493 e. The Kier molecular flexibility index (Phi) is 5.80. The number of methoxy groups -OCH3 is 1. The maximum Gasteiger partial charge on any atom is 0.271 e. The SMILES string of the molecule is CCOc1ccc(-c2nc(C(=O)NCc3cccnc3)cs2)cc1OC. The van der Waals surface area contributed by atoms with Crippen molar-refractivity contribution in [2.45, 2.75) is 13.5 Å². The molecule has 0 bridgehead atoms. The van der Waals surface area contributed by atoms with E-state index in [-0.39, 0.29) is 5.91 Å². The number of amides is 1. The van der Waals surface area contributed by atoms with Crippen LogP contribution in [0.5, 0.6) is 11.5 Å². The number of rotatable bonds is 7. The Labute approximate surface area is 155 Å². The molecule has 0 atom stereocenters. The number of carbonyl (C=O) groups is 1. The summed E-state index contributed by atoms with van der Waals surface area (Å²) >= 11 is 1.41. The van der Waals surface area contributed by atoms with E-state index in [0.29, 0.717) is 30.3 Å². The van der Waals surface area contributed by atoms with E-state index >= 15 is 0 Å². The van der Waals surface area contributed by atoms with E-state index in [0.717, 1.165) is 16.1 Å². The maximum atomic E-state index is 12.3. The molecule has 1 N–H and O–H groups in total. The van der Waals surface area contributed by atoms with Crippen LogP contribution >= 0.6 is 11.3 Å². The first-order valence-electron chi connectivity index (χ1n) is 8.15. The summed E-state index contributed by atoms with van der Waals surface area (Å²) in [5, 5.41) is 5.34. The maximum absolute atomic E-state index is 12.3. The fourth-order valence-electron chi connectivity index (χ4n) is 2.36. The highest BCUT2D eigenvalue weighted by Gasteiger charge is 2.13. The number of benzene rings is 1. The van der Waals surface area contributed by atoms with Crippen molar-refractivity contribution in [2.24, 2.45) is 0 Å². The molecule has 0 aliphatic carbocycles. The second kappa shape index (κ2) is 8.44. The molecule has 1 amide bonds. The third-order valence-electron chi connectivity index (χ3n) is 3.62. The zero-order valence-electron chi connectivity index (χ0n) is 14.6. The zero-order chi connectivity index (χ0) is 18.4. The fraction of sp³-hybridized carbons (Fsp3) is 0.211. The molecule has 0 spiro atoms. The lowest BCUT2D eigenvalue weighted by Gasteiger charge is -2.09. The summed E-state index contributed by atoms with van der Waals surface area (Å²) in [6.07, 6.45) is 3.42. The Morgan fingerprint density at radius 3 is 2.88 bits per heavy atom. The van der Waals surface area contributed by atoms with Crippen molar-refractivity contribution >= 4 is 17.2 Å². The van der Waals surface area contributed by atoms with Gasteiger partial charge in [-0.1, -0.05) is 6.07 Å². The molecule has 0 unspecified atom stereocenters. The lowest BCUT2D eigenvalue weighted by atomic mass is 10.2. The number of nitrogens with one attached hydrogen (secondary N) is 1. The van der Waals surface area contributed by atoms with E-state index in [4.69, 9.17) is 9.47 Å². The molecule has 3 rings (SSSR count). The number of carbonyl (C=O) groups excluding carboxylic acids is 1. The first-order chi connectivity index (χ1) is 12.7. The molecule has 0 aliphatic heterocycles. The summed E-state index contributed by atoms with van der Waals surface area (Å²) in [7, 11) is 1.60. The van der Waals surface area contributed by atoms with Gasteiger partial charge in [0.15, 0.2) is 11.5 Å². The summed E-state index contributed by atoms with van der Waals surface area (Å²) in [5.41, 5.74) is 2.20. The van der Waals surface area contributed by atoms with Gasteiger partial charge in [-0.15, -0.1) is 11.3 Å². The molecule has 134 valence electrons. The van der Waals surface area contributed by atoms with E-state index in [1.54, 1.807) is 24.9 Å². The number of ether oxygens (including phenoxy) is 2. The lowest BCUT2D eigenvalue weighted by Crippen LogP contribution is -2.23. The molecule has 2 heterocycles. The zero-order valence-corrected chi connectivity index (χ0v) is 15.4. The van der Waals surface area contributed by atoms with Crippen molar-refractivity contribution in [3.8, 4) is 22.1 Å². The highest BCUT2D eigenvalue weighted by molar-refractivity contribution is 7.13. The molecule has 0 saturated heterocycles. The van der Waals surface area contributed by atoms with Crippen LogP contribution in [0.25, 0.3) is 10.6 Å². The predicted octanol–water partition coefficient (Wildman–Crippen LogP) is 3.54. The van der Waals surface area contributed by atoms with Crippen molar-refractivity contribution < 1.29 is 14.3 Å². The average Bonchev–Trinajstić information content (AvgIpc) is 3.18. The highest BCUT2D eigenvalue weighted by Crippen LogP contribution is 2.33. The summed E-state index contributed by atoms with van der Waals surface area (Å²) < 4.78 is 10.9. The average molecular weight is 369 g/mol. The van der Waals surface area contributed by atoms with E-state index < -0.39 is 0 Å². The number of nitrogens with zero attached hydrogens (tertiary/aromatic N) is 2. The molecule has 6 nitrogen and oxygen atoms in total. The van der Waals surface area contributed by atoms with Crippen molar-refractivity contribution in [2.75, 3.05) is 13.7 Å². The molecular formula is C19H19N3O3S. The van der Waals surface area contributed by atoms with Gasteiger partial charge in [0.25, 0.3) is 5.91 Å². The third-order valence-corrected chi connectivity index (χ3v) is 4.51. The minimum absolute atomic E-state index is 0.214. The first-order valence-corrected chi connectivity index (χ1v) is 9.03. The quantitative estimate of drug-likeness (QED) is 0.689. The van der Waals surface area contributed by atoms with Crippen LogP contribution in [-0.2, 0) is 6.54 Å². The van der Waals surface area contributed by atoms with E-state index in [2.05, 4.69) is 15.3 Å². The minimum atomic E-state index is -0.214. The van der Waals surface area contributed by atoms with Gasteiger partial charge in [-0.2, -0.15) is 0 Å². The molecule has 26 heavy (non-hydrogen) atoms. The number of hydrogen-bond acceptors (Lipinski definition) is 6. The number of pyridine rings is 1. The van der Waals surface area contributed by atoms with Crippen LogP contribution in [-0.4, -0.2) is 29.6 Å². The van der Waals surface area contributed by atoms with Gasteiger partial charge < -0.3 is 14.8 Å². The van der Waals surface area contributed by atoms with E-state index in [1.165, 1.54) is 11.3 Å². The molecule has 0 saturated carbocycles. The van der Waals surface area contributed by atoms with Crippen molar-refractivity contribution in [3.05, 3.63) is 59.4 Å². The smallest absolute Gasteiger partial charge is 0.271 e. The Morgan fingerprint density at radius 1 is 1.27 bits per heavy atom. The second-order valence-electron chi connectivity index (χ2n) is 5.38. The van der Waals surface area contributed by atoms with Gasteiger partial charge in [0.2, 0.25) is 0 Å². The fourth-order valence-corrected chi connectivity index (χ4v) is 3.16. The van der Waals surface area contributed by atoms with Crippen molar-refractivity contribution in [3.63, 3.8) is 0 Å². The van der Waals surface area contributed by atoms with Crippen LogP contribution < -0.4 is 14.8 Å². The Bertz CT molecular complexity index is 881. The van der Waals surface area contributed by atoms with Crippen LogP contribution in [0, 0.1) is 0 Å². The highest BCUT2D eigenvalue weighted by atomic mass is 32.1. The van der Waals surface area contributed by atoms with E-state index in [1.807, 2.05) is 37.3 Å². The van der Waals surface area contributed by atoms with Gasteiger partial charge in [-0.05, 0) is 36.8 Å². The van der Waals surface area contributed by atoms with Crippen LogP contribution in [0.2, 0.25) is 0 Å². The summed E-state index contributed by atoms with van der Waals surface area (Å²) in [6, 6.07) is 9.36. The third kappa shape index (κ3) is 4.18. The van der Waals surface area contributed by atoms with Gasteiger partial charge in [-0.25, -0.2) is 4.98 Å². The van der Waals surface area contributed by atoms with Crippen molar-refractivity contribution in [1.29, 1.82) is 0 Å². The Morgan fingerprint density at radius 2 is 2.15 bits per heavy atom. The van der Waals surface area contributed by atoms with Crippen LogP contribution in [0.4, 0.5) is 0 Å². The summed E-state index contributed by atoms with van der Waals surface area (Å²) in [5.74, 6) is 1.11. The molecule has 1 aromatic carbocycles. The molecule has 3 aromatic rings. The number of hydrogen-bond donors (Lipinski definition) is 1. The Balaban J connectivity index is 1.72. The number of aromatic nitrogens is 2. The van der Waals surface area contributed by atoms with Gasteiger partial charge in [0.1, 0.15) is 10.7 Å². The van der Waals surface area contributed by atoms with Gasteiger partial charge >= 0.3 is 0 Å². The molecule has 0 aliphatic rings. The lowest BCUT2D eigenvalue weighted by molar-refractivity contribution is 0.0946. The second-order valence-corrected chi connectivity index (χ2v) is 6.24. The molecule has 0 fully saturated rings. The summed E-state index contributed by atoms with van der Waals surface area (Å²) in [6.45, 7) is 2.90. The monoisotopic (exact) mass is 369 g/mol. The molecule has 2 aromatic heterocycles. The molecule has 7 heteroatoms. The minimum Gasteiger partial charge on any atom is -0.493 e. The van der Waals surface area contributed by atoms with E-state index in [9.17, 15) is 4.79 Å². The van der Waals surface area contributed by atoms with Crippen LogP contribution in [0.15, 0.2) is 48.1 Å². The standard InChI is InChI=1S/C19H19N3O3S/c1-3-25-16-7-6-14(9-17(16)24-2)19-22-15(12-26-19)18(23)21-11-13-5-4-8-20-10-13/h4-10,12H,3,11H2,1-2H3,(H,21,23). The Hall–Kier alpha value is -2.93. The molecule has 0 radical (unpaired) electrons. The topological polar surface area (TPSA) is 73.3 Å². The van der Waals surface area contributed by atoms with Gasteiger partial charge in [-0.3, -0.25) is 9.78 Å². The van der Waals surface area contributed by atoms with Gasteiger partial charge in [0, 0.05) is 29.9 Å². The van der Waals surface area contributed by atoms with Crippen LogP contribution in [0.1, 0.15) is 23.0 Å². The number of thiazole rings is 1. The van der Waals surface area contributed by atoms with Gasteiger partial charge in [0.05, 0.1) is 13.7 Å². The predicted molar refractivity (Wildman–Crippen MR) is 101 cm³/mol. The van der Waals surface area contributed by atoms with Crippen LogP contribution in [0.3, 0.4) is 0 Å². The van der Waals surface area contributed by atoms with Crippen molar-refractivity contribution in [1.82, 2.24) is 15.3 Å².